The van der Waals surface area contributed by atoms with Crippen LogP contribution in [0.3, 0.4) is 0 Å². The third kappa shape index (κ3) is 1.88. The lowest BCUT2D eigenvalue weighted by Crippen LogP contribution is -2.24. The largest absolute Gasteiger partial charge is 0.245 e. The fraction of sp³-hybridized carbons (Fsp3) is 0.625. The van der Waals surface area contributed by atoms with E-state index in [1.54, 1.807) is 6.33 Å². The first kappa shape index (κ1) is 11.9. The first-order chi connectivity index (χ1) is 8.58. The van der Waals surface area contributed by atoms with E-state index in [2.05, 4.69) is 36.8 Å². The van der Waals surface area contributed by atoms with Crippen LogP contribution in [0, 0.1) is 23.2 Å². The van der Waals surface area contributed by atoms with Crippen molar-refractivity contribution in [3.8, 4) is 0 Å². The normalized spacial score (nSPS) is 33.9. The summed E-state index contributed by atoms with van der Waals surface area (Å²) in [5.41, 5.74) is 3.07. The Morgan fingerprint density at radius 2 is 2.17 bits per heavy atom. The molecule has 2 heteroatoms. The molecule has 1 heterocycles. The van der Waals surface area contributed by atoms with Crippen LogP contribution in [0.4, 0.5) is 0 Å². The second-order valence-electron chi connectivity index (χ2n) is 6.68. The molecule has 0 spiro atoms. The number of rotatable bonds is 1. The lowest BCUT2D eigenvalue weighted by Gasteiger charge is -2.33. The second kappa shape index (κ2) is 4.18. The summed E-state index contributed by atoms with van der Waals surface area (Å²) in [7, 11) is 0. The van der Waals surface area contributed by atoms with E-state index < -0.39 is 0 Å². The quantitative estimate of drug-likeness (QED) is 0.745. The van der Waals surface area contributed by atoms with Crippen molar-refractivity contribution < 1.29 is 0 Å². The molecule has 1 aromatic rings. The van der Waals surface area contributed by atoms with Crippen molar-refractivity contribution in [3.63, 3.8) is 0 Å². The number of hydrogen-bond donors (Lipinski definition) is 0. The van der Waals surface area contributed by atoms with E-state index in [1.807, 2.05) is 12.3 Å². The molecule has 3 unspecified atom stereocenters. The standard InChI is InChI=1S/C16H22N2/c1-11-9-16(2,3)14-5-4-12(8-13(11)14)15-6-7-17-10-18-15/h6-8,10-11,13-14H,4-5,9H2,1-3H3. The van der Waals surface area contributed by atoms with Crippen LogP contribution in [0.1, 0.15) is 45.7 Å². The van der Waals surface area contributed by atoms with E-state index >= 15 is 0 Å². The molecule has 0 radical (unpaired) electrons. The Kier molecular flexibility index (Phi) is 2.76. The number of nitrogens with zero attached hydrogens (tertiary/aromatic N) is 2. The van der Waals surface area contributed by atoms with Gasteiger partial charge in [-0.3, -0.25) is 0 Å². The summed E-state index contributed by atoms with van der Waals surface area (Å²) >= 11 is 0. The summed E-state index contributed by atoms with van der Waals surface area (Å²) in [5.74, 6) is 2.42. The highest BCUT2D eigenvalue weighted by Crippen LogP contribution is 2.55. The van der Waals surface area contributed by atoms with Crippen LogP contribution < -0.4 is 0 Å². The highest BCUT2D eigenvalue weighted by Gasteiger charge is 2.46. The van der Waals surface area contributed by atoms with Gasteiger partial charge < -0.3 is 0 Å². The molecular weight excluding hydrogens is 220 g/mol. The number of hydrogen-bond acceptors (Lipinski definition) is 2. The predicted molar refractivity (Wildman–Crippen MR) is 73.8 cm³/mol. The Morgan fingerprint density at radius 1 is 1.33 bits per heavy atom. The van der Waals surface area contributed by atoms with Crippen LogP contribution in [-0.4, -0.2) is 9.97 Å². The summed E-state index contributed by atoms with van der Waals surface area (Å²) in [4.78, 5) is 8.40. The molecule has 1 saturated carbocycles. The van der Waals surface area contributed by atoms with Crippen LogP contribution in [0.2, 0.25) is 0 Å². The van der Waals surface area contributed by atoms with E-state index in [0.717, 1.165) is 23.4 Å². The van der Waals surface area contributed by atoms with Gasteiger partial charge in [-0.2, -0.15) is 0 Å². The van der Waals surface area contributed by atoms with Gasteiger partial charge in [0.2, 0.25) is 0 Å². The van der Waals surface area contributed by atoms with E-state index in [9.17, 15) is 0 Å². The molecule has 2 aliphatic rings. The lowest BCUT2D eigenvalue weighted by atomic mass is 9.72. The molecule has 0 aromatic carbocycles. The third-order valence-corrected chi connectivity index (χ3v) is 5.00. The van der Waals surface area contributed by atoms with E-state index in [0.29, 0.717) is 5.41 Å². The first-order valence-corrected chi connectivity index (χ1v) is 7.05. The van der Waals surface area contributed by atoms with Gasteiger partial charge in [-0.25, -0.2) is 9.97 Å². The summed E-state index contributed by atoms with van der Waals surface area (Å²) in [6.45, 7) is 7.29. The number of aromatic nitrogens is 2. The Balaban J connectivity index is 1.92. The van der Waals surface area contributed by atoms with Crippen molar-refractivity contribution in [2.24, 2.45) is 23.2 Å². The fourth-order valence-electron chi connectivity index (χ4n) is 4.22. The molecule has 96 valence electrons. The Hall–Kier alpha value is -1.18. The summed E-state index contributed by atoms with van der Waals surface area (Å²) < 4.78 is 0. The van der Waals surface area contributed by atoms with Crippen LogP contribution >= 0.6 is 0 Å². The molecule has 18 heavy (non-hydrogen) atoms. The van der Waals surface area contributed by atoms with Crippen molar-refractivity contribution in [1.29, 1.82) is 0 Å². The lowest BCUT2D eigenvalue weighted by molar-refractivity contribution is 0.219. The smallest absolute Gasteiger partial charge is 0.116 e. The van der Waals surface area contributed by atoms with Gasteiger partial charge in [-0.05, 0) is 54.1 Å². The van der Waals surface area contributed by atoms with Gasteiger partial charge in [0.1, 0.15) is 6.33 Å². The zero-order valence-corrected chi connectivity index (χ0v) is 11.6. The van der Waals surface area contributed by atoms with Gasteiger partial charge >= 0.3 is 0 Å². The average Bonchev–Trinajstić information content (AvgIpc) is 2.61. The van der Waals surface area contributed by atoms with E-state index in [-0.39, 0.29) is 0 Å². The maximum Gasteiger partial charge on any atom is 0.116 e. The van der Waals surface area contributed by atoms with Gasteiger partial charge in [0.15, 0.2) is 0 Å². The van der Waals surface area contributed by atoms with E-state index in [4.69, 9.17) is 0 Å². The van der Waals surface area contributed by atoms with Gasteiger partial charge in [-0.1, -0.05) is 26.8 Å². The van der Waals surface area contributed by atoms with Gasteiger partial charge in [0.25, 0.3) is 0 Å². The Bertz CT molecular complexity index is 461. The molecule has 2 aliphatic carbocycles. The molecule has 0 bridgehead atoms. The van der Waals surface area contributed by atoms with Crippen molar-refractivity contribution in [3.05, 3.63) is 30.4 Å². The van der Waals surface area contributed by atoms with Crippen molar-refractivity contribution in [1.82, 2.24) is 9.97 Å². The maximum atomic E-state index is 4.40. The average molecular weight is 242 g/mol. The number of fused-ring (bicyclic) bond motifs is 1. The highest BCUT2D eigenvalue weighted by atomic mass is 14.8. The fourth-order valence-corrected chi connectivity index (χ4v) is 4.22. The van der Waals surface area contributed by atoms with Crippen molar-refractivity contribution in [2.75, 3.05) is 0 Å². The molecule has 2 nitrogen and oxygen atoms in total. The zero-order valence-electron chi connectivity index (χ0n) is 11.6. The van der Waals surface area contributed by atoms with E-state index in [1.165, 1.54) is 24.8 Å². The molecule has 0 amide bonds. The molecule has 3 atom stereocenters. The van der Waals surface area contributed by atoms with Crippen LogP contribution in [0.25, 0.3) is 5.57 Å². The van der Waals surface area contributed by atoms with Gasteiger partial charge in [0.05, 0.1) is 5.69 Å². The predicted octanol–water partition coefficient (Wildman–Crippen LogP) is 3.95. The minimum atomic E-state index is 0.512. The molecule has 0 N–H and O–H groups in total. The Labute approximate surface area is 110 Å². The van der Waals surface area contributed by atoms with Gasteiger partial charge in [0, 0.05) is 6.20 Å². The minimum Gasteiger partial charge on any atom is -0.245 e. The summed E-state index contributed by atoms with van der Waals surface area (Å²) in [6.07, 6.45) is 9.86. The molecule has 3 rings (SSSR count). The third-order valence-electron chi connectivity index (χ3n) is 5.00. The van der Waals surface area contributed by atoms with Crippen LogP contribution in [0.5, 0.6) is 0 Å². The number of allylic oxidation sites excluding steroid dienone is 2. The highest BCUT2D eigenvalue weighted by molar-refractivity contribution is 5.63. The second-order valence-corrected chi connectivity index (χ2v) is 6.68. The molecular formula is C16H22N2. The SMILES string of the molecule is CC1CC(C)(C)C2CCC(c3ccncn3)=CC12. The first-order valence-electron chi connectivity index (χ1n) is 7.05. The topological polar surface area (TPSA) is 25.8 Å². The minimum absolute atomic E-state index is 0.512. The monoisotopic (exact) mass is 242 g/mol. The van der Waals surface area contributed by atoms with Crippen molar-refractivity contribution >= 4 is 5.57 Å². The van der Waals surface area contributed by atoms with Gasteiger partial charge in [-0.15, -0.1) is 0 Å². The van der Waals surface area contributed by atoms with Crippen molar-refractivity contribution in [2.45, 2.75) is 40.0 Å². The van der Waals surface area contributed by atoms with Crippen LogP contribution in [0.15, 0.2) is 24.7 Å². The molecule has 0 aliphatic heterocycles. The molecule has 1 fully saturated rings. The Morgan fingerprint density at radius 3 is 2.89 bits per heavy atom. The van der Waals surface area contributed by atoms with Crippen LogP contribution in [-0.2, 0) is 0 Å². The molecule has 1 aromatic heterocycles. The zero-order chi connectivity index (χ0) is 12.8. The maximum absolute atomic E-state index is 4.40. The molecule has 0 saturated heterocycles. The summed E-state index contributed by atoms with van der Waals surface area (Å²) in [5, 5.41) is 0. The summed E-state index contributed by atoms with van der Waals surface area (Å²) in [6, 6.07) is 2.04.